The van der Waals surface area contributed by atoms with E-state index in [0.717, 1.165) is 116 Å². The van der Waals surface area contributed by atoms with Gasteiger partial charge in [-0.1, -0.05) is 213 Å². The maximum absolute atomic E-state index is 13.5. The molecule has 10 heteroatoms. The first-order chi connectivity index (χ1) is 36.4. The number of carbonyl (C=O) groups is 2. The lowest BCUT2D eigenvalue weighted by Crippen LogP contribution is -2.47. The third kappa shape index (κ3) is 54.7. The van der Waals surface area contributed by atoms with Gasteiger partial charge >= 0.3 is 5.97 Å². The average molecular weight is 1060 g/mol. The van der Waals surface area contributed by atoms with Crippen LogP contribution >= 0.6 is 7.82 Å². The molecule has 0 saturated heterocycles. The highest BCUT2D eigenvalue weighted by Gasteiger charge is 2.27. The number of quaternary nitrogens is 1. The van der Waals surface area contributed by atoms with Gasteiger partial charge in [-0.25, -0.2) is 0 Å². The Morgan fingerprint density at radius 2 is 0.853 bits per heavy atom. The first-order valence-electron chi connectivity index (χ1n) is 29.5. The summed E-state index contributed by atoms with van der Waals surface area (Å²) in [4.78, 5) is 39.9. The van der Waals surface area contributed by atoms with Crippen LogP contribution in [0, 0.1) is 0 Å². The van der Waals surface area contributed by atoms with Crippen LogP contribution in [0.5, 0.6) is 0 Å². The minimum atomic E-state index is -4.72. The fourth-order valence-electron chi connectivity index (χ4n) is 7.57. The summed E-state index contributed by atoms with van der Waals surface area (Å²) in [6.45, 7) is 6.53. The van der Waals surface area contributed by atoms with E-state index in [9.17, 15) is 19.0 Å². The Bertz CT molecular complexity index is 1740. The molecule has 9 nitrogen and oxygen atoms in total. The first kappa shape index (κ1) is 71.2. The molecule has 0 saturated carbocycles. The normalized spacial score (nSPS) is 14.7. The SMILES string of the molecule is CC/C=C\C/C=C\C/C=C\C/C=C\C/C=C\C/C=C\CCCCC(=O)OC(/C=C/CCCCCCCCCCCC)C(COP(=O)([O-])OCC[N+](C)(C)C)NC(=O)CCCCC/C=C/C/C=C/C/C=C/C/C=C/CC. The van der Waals surface area contributed by atoms with Gasteiger partial charge in [0.25, 0.3) is 7.82 Å². The number of nitrogens with one attached hydrogen (secondary N) is 1. The van der Waals surface area contributed by atoms with Crippen LogP contribution in [-0.2, 0) is 27.9 Å². The molecule has 3 atom stereocenters. The number of phosphoric ester groups is 1. The minimum Gasteiger partial charge on any atom is -0.756 e. The molecule has 1 N–H and O–H groups in total. The molecule has 426 valence electrons. The topological polar surface area (TPSA) is 114 Å². The summed E-state index contributed by atoms with van der Waals surface area (Å²) < 4.78 is 30.2. The molecule has 0 radical (unpaired) electrons. The van der Waals surface area contributed by atoms with Crippen molar-refractivity contribution in [2.45, 2.75) is 226 Å². The molecule has 75 heavy (non-hydrogen) atoms. The van der Waals surface area contributed by atoms with Crippen LogP contribution in [-0.4, -0.2) is 69.4 Å². The summed E-state index contributed by atoms with van der Waals surface area (Å²) in [5.74, 6) is -0.641. The fraction of sp³-hybridized carbons (Fsp3) is 0.631. The van der Waals surface area contributed by atoms with Crippen molar-refractivity contribution >= 4 is 19.7 Å². The fourth-order valence-corrected chi connectivity index (χ4v) is 8.30. The molecule has 0 rings (SSSR count). The zero-order valence-electron chi connectivity index (χ0n) is 48.4. The van der Waals surface area contributed by atoms with Gasteiger partial charge in [0, 0.05) is 12.8 Å². The predicted octanol–water partition coefficient (Wildman–Crippen LogP) is 17.5. The monoisotopic (exact) mass is 1060 g/mol. The van der Waals surface area contributed by atoms with Crippen LogP contribution in [0.2, 0.25) is 0 Å². The molecule has 0 bridgehead atoms. The molecule has 3 unspecified atom stereocenters. The highest BCUT2D eigenvalue weighted by molar-refractivity contribution is 7.45. The first-order valence-corrected chi connectivity index (χ1v) is 31.0. The summed E-state index contributed by atoms with van der Waals surface area (Å²) >= 11 is 0. The maximum atomic E-state index is 13.5. The molecule has 0 aromatic heterocycles. The van der Waals surface area contributed by atoms with E-state index in [-0.39, 0.29) is 25.4 Å². The number of rotatable bonds is 51. The van der Waals surface area contributed by atoms with Crippen molar-refractivity contribution in [2.24, 2.45) is 0 Å². The molecule has 0 fully saturated rings. The van der Waals surface area contributed by atoms with Crippen LogP contribution in [0.4, 0.5) is 0 Å². The molecular formula is C65H109N2O7P. The number of hydrogen-bond acceptors (Lipinski definition) is 7. The number of phosphoric acid groups is 1. The van der Waals surface area contributed by atoms with E-state index in [0.29, 0.717) is 23.9 Å². The number of hydrogen-bond donors (Lipinski definition) is 1. The number of unbranched alkanes of at least 4 members (excludes halogenated alkanes) is 15. The van der Waals surface area contributed by atoms with Gasteiger partial charge in [0.1, 0.15) is 19.3 Å². The summed E-state index contributed by atoms with van der Waals surface area (Å²) in [5, 5.41) is 2.99. The van der Waals surface area contributed by atoms with Crippen molar-refractivity contribution in [1.29, 1.82) is 0 Å². The van der Waals surface area contributed by atoms with Gasteiger partial charge < -0.3 is 28.5 Å². The number of ether oxygens (including phenoxy) is 1. The van der Waals surface area contributed by atoms with E-state index in [1.165, 1.54) is 51.4 Å². The van der Waals surface area contributed by atoms with Gasteiger partial charge in [0.2, 0.25) is 5.91 Å². The average Bonchev–Trinajstić information content (AvgIpc) is 3.37. The van der Waals surface area contributed by atoms with Gasteiger partial charge in [-0.2, -0.15) is 0 Å². The summed E-state index contributed by atoms with van der Waals surface area (Å²) in [7, 11) is 1.11. The molecule has 0 aliphatic carbocycles. The van der Waals surface area contributed by atoms with E-state index < -0.39 is 32.5 Å². The molecular weight excluding hydrogens is 952 g/mol. The summed E-state index contributed by atoms with van der Waals surface area (Å²) in [6, 6.07) is -0.932. The van der Waals surface area contributed by atoms with E-state index >= 15 is 0 Å². The zero-order chi connectivity index (χ0) is 55.0. The smallest absolute Gasteiger partial charge is 0.306 e. The number of carbonyl (C=O) groups excluding carboxylic acids is 2. The highest BCUT2D eigenvalue weighted by Crippen LogP contribution is 2.38. The molecule has 0 heterocycles. The van der Waals surface area contributed by atoms with Crippen LogP contribution in [0.15, 0.2) is 134 Å². The van der Waals surface area contributed by atoms with Crippen LogP contribution < -0.4 is 10.2 Å². The van der Waals surface area contributed by atoms with E-state index in [1.54, 1.807) is 6.08 Å². The number of nitrogens with zero attached hydrogens (tertiary/aromatic N) is 1. The van der Waals surface area contributed by atoms with Gasteiger partial charge in [-0.3, -0.25) is 14.2 Å². The Labute approximate surface area is 460 Å². The largest absolute Gasteiger partial charge is 0.756 e. The Kier molecular flexibility index (Phi) is 50.8. The second-order valence-corrected chi connectivity index (χ2v) is 21.8. The Morgan fingerprint density at radius 1 is 0.480 bits per heavy atom. The maximum Gasteiger partial charge on any atom is 0.306 e. The molecule has 0 spiro atoms. The Hall–Kier alpha value is -3.85. The third-order valence-corrected chi connectivity index (χ3v) is 13.0. The van der Waals surface area contributed by atoms with Crippen molar-refractivity contribution in [2.75, 3.05) is 40.9 Å². The van der Waals surface area contributed by atoms with Gasteiger partial charge in [0.15, 0.2) is 0 Å². The van der Waals surface area contributed by atoms with Crippen LogP contribution in [0.3, 0.4) is 0 Å². The van der Waals surface area contributed by atoms with Crippen LogP contribution in [0.1, 0.15) is 213 Å². The second kappa shape index (κ2) is 53.5. The molecule has 0 aromatic rings. The number of allylic oxidation sites excluding steroid dienone is 21. The van der Waals surface area contributed by atoms with Crippen molar-refractivity contribution in [1.82, 2.24) is 5.32 Å². The number of esters is 1. The predicted molar refractivity (Wildman–Crippen MR) is 320 cm³/mol. The molecule has 0 aliphatic heterocycles. The standard InChI is InChI=1S/C65H109N2O7P/c1-7-10-13-16-19-22-25-28-30-32-33-34-35-36-38-40-43-46-49-52-55-58-65(69)74-63(56-53-50-47-44-41-27-24-21-18-15-12-9-3)62(61-73-75(70,71)72-60-59-67(4,5)6)66-64(68)57-54-51-48-45-42-39-37-31-29-26-23-20-17-14-11-8-2/h10-11,13-14,19-20,22-23,28-31,33-34,36,38-39,42-43,46,53,56,62-63H,7-9,12,15-18,21,24-27,32,35,37,40-41,44-45,47-52,54-55,57-61H2,1-6H3,(H-,66,68,70,71)/b13-10-,14-11+,22-19-,23-20+,30-28-,31-29+,34-33-,38-36-,42-39+,46-43-,56-53+. The molecule has 1 amide bonds. The second-order valence-electron chi connectivity index (χ2n) is 20.4. The minimum absolute atomic E-state index is 0.0437. The lowest BCUT2D eigenvalue weighted by molar-refractivity contribution is -0.870. The van der Waals surface area contributed by atoms with Crippen molar-refractivity contribution in [3.05, 3.63) is 134 Å². The Balaban J connectivity index is 5.45. The lowest BCUT2D eigenvalue weighted by atomic mass is 10.1. The van der Waals surface area contributed by atoms with E-state index in [2.05, 4.69) is 148 Å². The van der Waals surface area contributed by atoms with Gasteiger partial charge in [0.05, 0.1) is 33.8 Å². The van der Waals surface area contributed by atoms with E-state index in [4.69, 9.17) is 13.8 Å². The zero-order valence-corrected chi connectivity index (χ0v) is 49.3. The van der Waals surface area contributed by atoms with Crippen molar-refractivity contribution in [3.63, 3.8) is 0 Å². The Morgan fingerprint density at radius 3 is 1.29 bits per heavy atom. The summed E-state index contributed by atoms with van der Waals surface area (Å²) in [6.07, 6.45) is 75.7. The highest BCUT2D eigenvalue weighted by atomic mass is 31.2. The van der Waals surface area contributed by atoms with Crippen molar-refractivity contribution in [3.8, 4) is 0 Å². The van der Waals surface area contributed by atoms with Gasteiger partial charge in [-0.05, 0) is 122 Å². The van der Waals surface area contributed by atoms with Crippen LogP contribution in [0.25, 0.3) is 0 Å². The molecule has 0 aromatic carbocycles. The van der Waals surface area contributed by atoms with Gasteiger partial charge in [-0.15, -0.1) is 0 Å². The van der Waals surface area contributed by atoms with E-state index in [1.807, 2.05) is 27.2 Å². The third-order valence-electron chi connectivity index (χ3n) is 12.1. The lowest BCUT2D eigenvalue weighted by Gasteiger charge is -2.30. The number of likely N-dealkylation sites (N-methyl/N-ethyl adjacent to an activating group) is 1. The van der Waals surface area contributed by atoms with Crippen molar-refractivity contribution < 1.29 is 37.3 Å². The quantitative estimate of drug-likeness (QED) is 0.0212. The summed E-state index contributed by atoms with van der Waals surface area (Å²) in [5.41, 5.74) is 0. The molecule has 0 aliphatic rings. The number of amides is 1.